The van der Waals surface area contributed by atoms with E-state index in [4.69, 9.17) is 21.4 Å². The number of aliphatic carboxylic acids is 1. The minimum atomic E-state index is -0.911. The third-order valence-electron chi connectivity index (χ3n) is 4.04. The van der Waals surface area contributed by atoms with Crippen LogP contribution in [0.4, 0.5) is 5.69 Å². The van der Waals surface area contributed by atoms with Crippen LogP contribution in [0.3, 0.4) is 0 Å². The molecule has 1 amide bonds. The Balaban J connectivity index is 2.04. The van der Waals surface area contributed by atoms with Gasteiger partial charge in [-0.25, -0.2) is 0 Å². The summed E-state index contributed by atoms with van der Waals surface area (Å²) in [7, 11) is 0. The fourth-order valence-corrected chi connectivity index (χ4v) is 2.75. The van der Waals surface area contributed by atoms with Crippen LogP contribution in [-0.4, -0.2) is 23.1 Å². The van der Waals surface area contributed by atoms with Crippen molar-refractivity contribution in [2.24, 2.45) is 0 Å². The highest BCUT2D eigenvalue weighted by Crippen LogP contribution is 2.26. The molecule has 0 fully saturated rings. The number of benzene rings is 2. The third kappa shape index (κ3) is 6.04. The van der Waals surface area contributed by atoms with Gasteiger partial charge in [0.2, 0.25) is 0 Å². The summed E-state index contributed by atoms with van der Waals surface area (Å²) >= 11 is 6.10. The molecular formula is C22H22ClNO4. The van der Waals surface area contributed by atoms with E-state index < -0.39 is 18.0 Å². The highest BCUT2D eigenvalue weighted by Gasteiger charge is 2.17. The number of carbonyl (C=O) groups excluding carboxylic acids is 1. The number of carboxylic acids is 1. The van der Waals surface area contributed by atoms with Crippen molar-refractivity contribution in [3.8, 4) is 17.6 Å². The molecule has 0 aliphatic heterocycles. The summed E-state index contributed by atoms with van der Waals surface area (Å²) in [6, 6.07) is 12.3. The third-order valence-corrected chi connectivity index (χ3v) is 4.35. The molecule has 2 rings (SSSR count). The first kappa shape index (κ1) is 21.3. The van der Waals surface area contributed by atoms with E-state index in [0.29, 0.717) is 16.5 Å². The van der Waals surface area contributed by atoms with Crippen molar-refractivity contribution in [2.45, 2.75) is 39.2 Å². The fourth-order valence-electron chi connectivity index (χ4n) is 2.59. The molecule has 5 nitrogen and oxygen atoms in total. The second kappa shape index (κ2) is 9.82. The Morgan fingerprint density at radius 1 is 1.21 bits per heavy atom. The summed E-state index contributed by atoms with van der Waals surface area (Å²) in [5.74, 6) is 4.48. The molecular weight excluding hydrogens is 378 g/mol. The quantitative estimate of drug-likeness (QED) is 0.665. The average molecular weight is 400 g/mol. The zero-order valence-corrected chi connectivity index (χ0v) is 16.7. The number of amides is 1. The summed E-state index contributed by atoms with van der Waals surface area (Å²) < 4.78 is 5.67. The molecule has 6 heteroatoms. The maximum Gasteiger partial charge on any atom is 0.304 e. The average Bonchev–Trinajstić information content (AvgIpc) is 2.64. The Kier molecular flexibility index (Phi) is 7.48. The monoisotopic (exact) mass is 399 g/mol. The van der Waals surface area contributed by atoms with Gasteiger partial charge in [-0.3, -0.25) is 9.59 Å². The van der Waals surface area contributed by atoms with E-state index in [-0.39, 0.29) is 12.3 Å². The van der Waals surface area contributed by atoms with Crippen LogP contribution in [-0.2, 0) is 9.59 Å². The zero-order valence-electron chi connectivity index (χ0n) is 16.0. The first-order chi connectivity index (χ1) is 13.3. The minimum Gasteiger partial charge on any atom is -0.481 e. The summed E-state index contributed by atoms with van der Waals surface area (Å²) in [6.07, 6.45) is -0.820. The van der Waals surface area contributed by atoms with E-state index in [1.54, 1.807) is 50.2 Å². The SMILES string of the molecule is CC#CC(CC(=O)O)c1ccc(NC(=O)C(C)Oc2cc(C)ccc2Cl)cc1. The Labute approximate surface area is 169 Å². The highest BCUT2D eigenvalue weighted by atomic mass is 35.5. The minimum absolute atomic E-state index is 0.0747. The van der Waals surface area contributed by atoms with Crippen LogP contribution in [0, 0.1) is 18.8 Å². The standard InChI is InChI=1S/C22H22ClNO4/c1-4-5-17(13-21(25)26)16-7-9-18(10-8-16)24-22(27)15(3)28-20-12-14(2)6-11-19(20)23/h6-12,15,17H,13H2,1-3H3,(H,24,27)(H,25,26). The lowest BCUT2D eigenvalue weighted by molar-refractivity contribution is -0.137. The number of aryl methyl sites for hydroxylation is 1. The molecule has 0 saturated heterocycles. The molecule has 2 N–H and O–H groups in total. The van der Waals surface area contributed by atoms with Crippen molar-refractivity contribution in [3.63, 3.8) is 0 Å². The summed E-state index contributed by atoms with van der Waals surface area (Å²) in [4.78, 5) is 23.4. The van der Waals surface area contributed by atoms with Gasteiger partial charge in [-0.2, -0.15) is 0 Å². The molecule has 0 aliphatic rings. The number of halogens is 1. The van der Waals surface area contributed by atoms with Crippen molar-refractivity contribution in [1.29, 1.82) is 0 Å². The van der Waals surface area contributed by atoms with Crippen molar-refractivity contribution in [3.05, 3.63) is 58.6 Å². The first-order valence-corrected chi connectivity index (χ1v) is 9.15. The van der Waals surface area contributed by atoms with Gasteiger partial charge in [0, 0.05) is 5.69 Å². The van der Waals surface area contributed by atoms with Crippen molar-refractivity contribution in [2.75, 3.05) is 5.32 Å². The topological polar surface area (TPSA) is 75.6 Å². The highest BCUT2D eigenvalue weighted by molar-refractivity contribution is 6.32. The predicted octanol–water partition coefficient (Wildman–Crippen LogP) is 4.64. The lowest BCUT2D eigenvalue weighted by Gasteiger charge is -2.16. The number of rotatable bonds is 7. The Bertz CT molecular complexity index is 912. The summed E-state index contributed by atoms with van der Waals surface area (Å²) in [5, 5.41) is 12.2. The van der Waals surface area contributed by atoms with Gasteiger partial charge in [0.1, 0.15) is 5.75 Å². The molecule has 28 heavy (non-hydrogen) atoms. The van der Waals surface area contributed by atoms with Crippen LogP contribution in [0.5, 0.6) is 5.75 Å². The van der Waals surface area contributed by atoms with Crippen LogP contribution in [0.1, 0.15) is 37.3 Å². The van der Waals surface area contributed by atoms with Gasteiger partial charge in [0.15, 0.2) is 6.10 Å². The maximum absolute atomic E-state index is 12.4. The molecule has 0 aromatic heterocycles. The predicted molar refractivity (Wildman–Crippen MR) is 110 cm³/mol. The van der Waals surface area contributed by atoms with Gasteiger partial charge < -0.3 is 15.2 Å². The van der Waals surface area contributed by atoms with Crippen LogP contribution in [0.15, 0.2) is 42.5 Å². The van der Waals surface area contributed by atoms with Crippen LogP contribution in [0.2, 0.25) is 5.02 Å². The second-order valence-corrected chi connectivity index (χ2v) is 6.76. The number of hydrogen-bond donors (Lipinski definition) is 2. The van der Waals surface area contributed by atoms with E-state index >= 15 is 0 Å². The van der Waals surface area contributed by atoms with Gasteiger partial charge in [-0.05, 0) is 56.2 Å². The normalized spacial score (nSPS) is 12.3. The van der Waals surface area contributed by atoms with Crippen LogP contribution >= 0.6 is 11.6 Å². The molecule has 2 atom stereocenters. The number of hydrogen-bond acceptors (Lipinski definition) is 3. The molecule has 2 aromatic rings. The molecule has 2 aromatic carbocycles. The Morgan fingerprint density at radius 3 is 2.50 bits per heavy atom. The van der Waals surface area contributed by atoms with E-state index in [9.17, 15) is 9.59 Å². The number of ether oxygens (including phenoxy) is 1. The summed E-state index contributed by atoms with van der Waals surface area (Å²) in [6.45, 7) is 5.23. The molecule has 0 spiro atoms. The van der Waals surface area contributed by atoms with Gasteiger partial charge in [-0.15, -0.1) is 5.92 Å². The van der Waals surface area contributed by atoms with E-state index in [0.717, 1.165) is 11.1 Å². The van der Waals surface area contributed by atoms with E-state index in [1.165, 1.54) is 0 Å². The molecule has 146 valence electrons. The second-order valence-electron chi connectivity index (χ2n) is 6.35. The first-order valence-electron chi connectivity index (χ1n) is 8.78. The number of carboxylic acid groups (broad SMARTS) is 1. The molecule has 0 radical (unpaired) electrons. The molecule has 0 saturated carbocycles. The van der Waals surface area contributed by atoms with Crippen molar-refractivity contribution < 1.29 is 19.4 Å². The molecule has 0 heterocycles. The fraction of sp³-hybridized carbons (Fsp3) is 0.273. The number of nitrogens with one attached hydrogen (secondary N) is 1. The van der Waals surface area contributed by atoms with Crippen molar-refractivity contribution >= 4 is 29.2 Å². The lowest BCUT2D eigenvalue weighted by Crippen LogP contribution is -2.30. The van der Waals surface area contributed by atoms with Gasteiger partial charge in [0.25, 0.3) is 5.91 Å². The number of anilines is 1. The number of carbonyl (C=O) groups is 2. The van der Waals surface area contributed by atoms with E-state index in [1.807, 2.05) is 13.0 Å². The van der Waals surface area contributed by atoms with Crippen LogP contribution in [0.25, 0.3) is 0 Å². The van der Waals surface area contributed by atoms with Gasteiger partial charge in [-0.1, -0.05) is 35.7 Å². The molecule has 0 bridgehead atoms. The Morgan fingerprint density at radius 2 is 1.89 bits per heavy atom. The Hall–Kier alpha value is -2.97. The van der Waals surface area contributed by atoms with Crippen molar-refractivity contribution in [1.82, 2.24) is 0 Å². The van der Waals surface area contributed by atoms with Gasteiger partial charge in [0.05, 0.1) is 17.4 Å². The van der Waals surface area contributed by atoms with Crippen LogP contribution < -0.4 is 10.1 Å². The molecule has 2 unspecified atom stereocenters. The van der Waals surface area contributed by atoms with E-state index in [2.05, 4.69) is 17.2 Å². The summed E-state index contributed by atoms with van der Waals surface area (Å²) in [5.41, 5.74) is 2.34. The zero-order chi connectivity index (χ0) is 20.7. The largest absolute Gasteiger partial charge is 0.481 e. The molecule has 0 aliphatic carbocycles. The maximum atomic E-state index is 12.4. The van der Waals surface area contributed by atoms with Gasteiger partial charge >= 0.3 is 5.97 Å². The lowest BCUT2D eigenvalue weighted by atomic mass is 9.96. The smallest absolute Gasteiger partial charge is 0.304 e.